The van der Waals surface area contributed by atoms with Gasteiger partial charge in [0.15, 0.2) is 0 Å². The molecule has 0 amide bonds. The van der Waals surface area contributed by atoms with Crippen molar-refractivity contribution in [1.29, 1.82) is 0 Å². The van der Waals surface area contributed by atoms with Crippen molar-refractivity contribution in [2.24, 2.45) is 4.76 Å². The fourth-order valence-corrected chi connectivity index (χ4v) is 5.47. The van der Waals surface area contributed by atoms with Crippen molar-refractivity contribution < 1.29 is 13.7 Å². The van der Waals surface area contributed by atoms with Crippen LogP contribution in [0.25, 0.3) is 0 Å². The van der Waals surface area contributed by atoms with Crippen molar-refractivity contribution in [3.05, 3.63) is 90.2 Å². The molecule has 0 aromatic heterocycles. The van der Waals surface area contributed by atoms with Gasteiger partial charge in [0.2, 0.25) is 7.29 Å². The summed E-state index contributed by atoms with van der Waals surface area (Å²) in [5.74, 6) is 0.204. The fraction of sp³-hybridized carbons (Fsp3) is 0.136. The van der Waals surface area contributed by atoms with Crippen LogP contribution in [0, 0.1) is 5.82 Å². The summed E-state index contributed by atoms with van der Waals surface area (Å²) in [5.41, 5.74) is 1.18. The van der Waals surface area contributed by atoms with Gasteiger partial charge in [-0.05, 0) is 49.4 Å². The van der Waals surface area contributed by atoms with Crippen LogP contribution in [0.1, 0.15) is 18.9 Å². The molecule has 0 saturated heterocycles. The number of hydrogen-bond donors (Lipinski definition) is 0. The molecular weight excluding hydrogens is 360 g/mol. The first-order valence-electron chi connectivity index (χ1n) is 8.83. The van der Waals surface area contributed by atoms with Gasteiger partial charge in [-0.3, -0.25) is 4.57 Å². The maximum atomic E-state index is 14.2. The molecule has 3 aromatic rings. The predicted molar refractivity (Wildman–Crippen MR) is 107 cm³/mol. The van der Waals surface area contributed by atoms with Gasteiger partial charge < -0.3 is 4.74 Å². The second kappa shape index (κ2) is 7.13. The normalized spacial score (nSPS) is 18.0. The molecule has 1 aliphatic heterocycles. The molecule has 1 atom stereocenters. The van der Waals surface area contributed by atoms with E-state index in [1.807, 2.05) is 67.6 Å². The van der Waals surface area contributed by atoms with Crippen LogP contribution >= 0.6 is 7.29 Å². The third-order valence-corrected chi connectivity index (χ3v) is 7.05. The van der Waals surface area contributed by atoms with Gasteiger partial charge in [0, 0.05) is 22.6 Å². The molecule has 0 radical (unpaired) electrons. The molecule has 0 unspecified atom stereocenters. The molecule has 4 rings (SSSR count). The van der Waals surface area contributed by atoms with Crippen molar-refractivity contribution in [1.82, 2.24) is 0 Å². The number of ether oxygens (including phenoxy) is 1. The summed E-state index contributed by atoms with van der Waals surface area (Å²) in [6, 6.07) is 22.8. The third kappa shape index (κ3) is 3.45. The van der Waals surface area contributed by atoms with Crippen LogP contribution in [0.4, 0.5) is 4.39 Å². The quantitative estimate of drug-likeness (QED) is 0.618. The van der Waals surface area contributed by atoms with Gasteiger partial charge in [-0.15, -0.1) is 0 Å². The van der Waals surface area contributed by atoms with Crippen LogP contribution in [0.5, 0.6) is 5.75 Å². The lowest BCUT2D eigenvalue weighted by atomic mass is 10.0. The molecule has 1 aliphatic rings. The lowest BCUT2D eigenvalue weighted by Crippen LogP contribution is -2.26. The van der Waals surface area contributed by atoms with E-state index in [1.54, 1.807) is 6.07 Å². The Morgan fingerprint density at radius 1 is 0.963 bits per heavy atom. The second-order valence-electron chi connectivity index (χ2n) is 6.57. The third-order valence-electron chi connectivity index (χ3n) is 4.54. The molecule has 0 saturated carbocycles. The van der Waals surface area contributed by atoms with Crippen LogP contribution in [0.2, 0.25) is 0 Å². The van der Waals surface area contributed by atoms with E-state index in [0.29, 0.717) is 34.1 Å². The van der Waals surface area contributed by atoms with E-state index in [-0.39, 0.29) is 11.9 Å². The standard InChI is InChI=1S/C22H19FNO2P/c1-16-14-21(20-15-17(23)12-13-22(20)26-16)24-27(25,18-8-4-2-5-9-18)19-10-6-3-7-11-19/h2-13,15-16H,14H2,1H3/t16-/m1/s1. The van der Waals surface area contributed by atoms with Gasteiger partial charge in [-0.2, -0.15) is 0 Å². The Hall–Kier alpha value is -2.71. The highest BCUT2D eigenvalue weighted by Crippen LogP contribution is 2.47. The van der Waals surface area contributed by atoms with Crippen LogP contribution in [0.15, 0.2) is 83.6 Å². The number of fused-ring (bicyclic) bond motifs is 1. The van der Waals surface area contributed by atoms with E-state index in [4.69, 9.17) is 9.50 Å². The van der Waals surface area contributed by atoms with E-state index < -0.39 is 7.29 Å². The number of rotatable bonds is 3. The monoisotopic (exact) mass is 379 g/mol. The molecule has 3 aromatic carbocycles. The van der Waals surface area contributed by atoms with E-state index in [9.17, 15) is 8.96 Å². The van der Waals surface area contributed by atoms with Gasteiger partial charge in [0.1, 0.15) is 17.7 Å². The Balaban J connectivity index is 1.93. The highest BCUT2D eigenvalue weighted by Gasteiger charge is 2.30. The Morgan fingerprint density at radius 3 is 2.15 bits per heavy atom. The summed E-state index contributed by atoms with van der Waals surface area (Å²) >= 11 is 0. The Morgan fingerprint density at radius 2 is 1.56 bits per heavy atom. The SMILES string of the molecule is C[C@@H]1CC(=NP(=O)(c2ccccc2)c2ccccc2)c2cc(F)ccc2O1. The Kier molecular flexibility index (Phi) is 4.67. The zero-order valence-electron chi connectivity index (χ0n) is 14.9. The van der Waals surface area contributed by atoms with Gasteiger partial charge in [-0.25, -0.2) is 9.15 Å². The molecule has 5 heteroatoms. The minimum absolute atomic E-state index is 0.123. The smallest absolute Gasteiger partial charge is 0.247 e. The highest BCUT2D eigenvalue weighted by atomic mass is 31.2. The first-order valence-corrected chi connectivity index (χ1v) is 10.5. The van der Waals surface area contributed by atoms with Crippen LogP contribution < -0.4 is 15.3 Å². The second-order valence-corrected chi connectivity index (χ2v) is 8.95. The largest absolute Gasteiger partial charge is 0.490 e. The minimum atomic E-state index is -3.28. The molecule has 3 nitrogen and oxygen atoms in total. The van der Waals surface area contributed by atoms with E-state index in [1.165, 1.54) is 12.1 Å². The van der Waals surface area contributed by atoms with E-state index in [2.05, 4.69) is 0 Å². The summed E-state index contributed by atoms with van der Waals surface area (Å²) in [4.78, 5) is 0. The molecular formula is C22H19FNO2P. The molecule has 1 heterocycles. The molecule has 136 valence electrons. The lowest BCUT2D eigenvalue weighted by molar-refractivity contribution is 0.222. The predicted octanol–water partition coefficient (Wildman–Crippen LogP) is 4.71. The van der Waals surface area contributed by atoms with Crippen molar-refractivity contribution in [2.45, 2.75) is 19.4 Å². The van der Waals surface area contributed by atoms with Gasteiger partial charge in [-0.1, -0.05) is 36.4 Å². The van der Waals surface area contributed by atoms with Crippen LogP contribution in [0.3, 0.4) is 0 Å². The molecule has 27 heavy (non-hydrogen) atoms. The zero-order valence-corrected chi connectivity index (χ0v) is 15.8. The summed E-state index contributed by atoms with van der Waals surface area (Å²) in [6.07, 6.45) is 0.349. The average molecular weight is 379 g/mol. The summed E-state index contributed by atoms with van der Waals surface area (Å²) < 4.78 is 38.6. The number of nitrogens with zero attached hydrogens (tertiary/aromatic N) is 1. The van der Waals surface area contributed by atoms with Crippen molar-refractivity contribution in [3.63, 3.8) is 0 Å². The molecule has 0 fully saturated rings. The van der Waals surface area contributed by atoms with E-state index >= 15 is 0 Å². The first kappa shape index (κ1) is 17.7. The minimum Gasteiger partial charge on any atom is -0.490 e. The van der Waals surface area contributed by atoms with Crippen LogP contribution in [-0.2, 0) is 4.57 Å². The summed E-state index contributed by atoms with van der Waals surface area (Å²) in [5, 5.41) is 1.31. The van der Waals surface area contributed by atoms with Gasteiger partial charge in [0.05, 0.1) is 5.71 Å². The number of halogens is 1. The molecule has 0 aliphatic carbocycles. The Bertz CT molecular complexity index is 991. The molecule has 0 N–H and O–H groups in total. The maximum absolute atomic E-state index is 14.2. The topological polar surface area (TPSA) is 38.7 Å². The first-order chi connectivity index (χ1) is 13.1. The summed E-state index contributed by atoms with van der Waals surface area (Å²) in [7, 11) is -3.28. The zero-order chi connectivity index (χ0) is 18.9. The Labute approximate surface area is 158 Å². The summed E-state index contributed by atoms with van der Waals surface area (Å²) in [6.45, 7) is 1.93. The average Bonchev–Trinajstić information content (AvgIpc) is 2.70. The highest BCUT2D eigenvalue weighted by molar-refractivity contribution is 7.77. The van der Waals surface area contributed by atoms with Gasteiger partial charge >= 0.3 is 0 Å². The van der Waals surface area contributed by atoms with Crippen LogP contribution in [-0.4, -0.2) is 11.8 Å². The number of benzene rings is 3. The van der Waals surface area contributed by atoms with Gasteiger partial charge in [0.25, 0.3) is 0 Å². The fourth-order valence-electron chi connectivity index (χ4n) is 3.26. The van der Waals surface area contributed by atoms with Crippen molar-refractivity contribution >= 4 is 23.6 Å². The molecule has 0 bridgehead atoms. The van der Waals surface area contributed by atoms with E-state index in [0.717, 1.165) is 0 Å². The van der Waals surface area contributed by atoms with Crippen molar-refractivity contribution in [2.75, 3.05) is 0 Å². The maximum Gasteiger partial charge on any atom is 0.247 e. The number of hydrogen-bond acceptors (Lipinski definition) is 2. The van der Waals surface area contributed by atoms with Crippen molar-refractivity contribution in [3.8, 4) is 5.75 Å². The molecule has 0 spiro atoms. The lowest BCUT2D eigenvalue weighted by Gasteiger charge is -2.26.